The number of Topliss-reactive ketones (excluding diaryl/α,β-unsaturated/α-hetero) is 1. The van der Waals surface area contributed by atoms with E-state index in [1.165, 1.54) is 6.42 Å². The summed E-state index contributed by atoms with van der Waals surface area (Å²) in [5, 5.41) is 34.1. The molecule has 0 spiro atoms. The third-order valence-corrected chi connectivity index (χ3v) is 10.2. The molecule has 5 fully saturated rings. The van der Waals surface area contributed by atoms with E-state index in [-0.39, 0.29) is 5.92 Å². The molecule has 11 atom stereocenters. The van der Waals surface area contributed by atoms with E-state index < -0.39 is 70.9 Å². The molecular formula is C30H40O8. The van der Waals surface area contributed by atoms with Crippen LogP contribution in [0.3, 0.4) is 0 Å². The molecule has 0 aromatic rings. The third-order valence-electron chi connectivity index (χ3n) is 10.2. The number of aliphatic hydroxyl groups excluding tert-OH is 2. The molecule has 3 saturated heterocycles. The van der Waals surface area contributed by atoms with Gasteiger partial charge in [-0.25, -0.2) is 0 Å². The molecule has 8 heteroatoms. The lowest BCUT2D eigenvalue weighted by atomic mass is 9.54. The van der Waals surface area contributed by atoms with Crippen LogP contribution >= 0.6 is 0 Å². The fraction of sp³-hybridized carbons (Fsp3) is 0.700. The lowest BCUT2D eigenvalue weighted by Crippen LogP contribution is -2.72. The number of unbranched alkanes of at least 4 members (excludes halogenated alkanes) is 3. The molecule has 0 aromatic heterocycles. The van der Waals surface area contributed by atoms with E-state index in [0.717, 1.165) is 24.8 Å². The van der Waals surface area contributed by atoms with Crippen molar-refractivity contribution in [2.24, 2.45) is 17.8 Å². The predicted octanol–water partition coefficient (Wildman–Crippen LogP) is 2.87. The molecule has 6 rings (SSSR count). The molecule has 38 heavy (non-hydrogen) atoms. The number of hydrogen-bond donors (Lipinski definition) is 3. The highest BCUT2D eigenvalue weighted by Crippen LogP contribution is 2.72. The van der Waals surface area contributed by atoms with Gasteiger partial charge < -0.3 is 34.3 Å². The number of rotatable bonds is 8. The Kier molecular flexibility index (Phi) is 5.89. The number of aliphatic hydroxyl groups is 3. The lowest BCUT2D eigenvalue weighted by Gasteiger charge is -2.59. The molecule has 3 N–H and O–H groups in total. The highest BCUT2D eigenvalue weighted by atomic mass is 16.9. The molecule has 0 amide bonds. The zero-order chi connectivity index (χ0) is 27.3. The summed E-state index contributed by atoms with van der Waals surface area (Å²) in [6, 6.07) is 0. The van der Waals surface area contributed by atoms with Gasteiger partial charge >= 0.3 is 5.97 Å². The molecule has 3 aliphatic heterocycles. The molecular weight excluding hydrogens is 488 g/mol. The maximum Gasteiger partial charge on any atom is 0.306 e. The zero-order valence-electron chi connectivity index (χ0n) is 22.7. The van der Waals surface area contributed by atoms with Gasteiger partial charge in [0.25, 0.3) is 0 Å². The minimum atomic E-state index is -2.21. The Morgan fingerprint density at radius 1 is 1.21 bits per heavy atom. The zero-order valence-corrected chi connectivity index (χ0v) is 22.7. The first-order chi connectivity index (χ1) is 18.0. The molecule has 3 heterocycles. The van der Waals surface area contributed by atoms with E-state index in [1.807, 2.05) is 26.0 Å². The Bertz CT molecular complexity index is 1140. The van der Waals surface area contributed by atoms with Crippen LogP contribution in [0.15, 0.2) is 48.1 Å². The summed E-state index contributed by atoms with van der Waals surface area (Å²) >= 11 is 0. The molecule has 208 valence electrons. The van der Waals surface area contributed by atoms with Crippen LogP contribution in [0, 0.1) is 17.8 Å². The first kappa shape index (κ1) is 26.6. The third kappa shape index (κ3) is 3.03. The summed E-state index contributed by atoms with van der Waals surface area (Å²) in [5.41, 5.74) is -4.66. The van der Waals surface area contributed by atoms with E-state index in [4.69, 9.17) is 18.9 Å². The number of carbonyl (C=O) groups is 1. The van der Waals surface area contributed by atoms with Gasteiger partial charge in [-0.1, -0.05) is 57.6 Å². The van der Waals surface area contributed by atoms with E-state index in [0.29, 0.717) is 12.0 Å². The topological polar surface area (TPSA) is 118 Å². The Morgan fingerprint density at radius 3 is 2.66 bits per heavy atom. The van der Waals surface area contributed by atoms with Gasteiger partial charge in [0.15, 0.2) is 11.4 Å². The minimum absolute atomic E-state index is 0.235. The largest absolute Gasteiger partial charge is 0.393 e. The fourth-order valence-corrected chi connectivity index (χ4v) is 8.28. The summed E-state index contributed by atoms with van der Waals surface area (Å²) in [6.45, 7) is 11.5. The average molecular weight is 529 g/mol. The molecule has 0 aromatic carbocycles. The van der Waals surface area contributed by atoms with Crippen molar-refractivity contribution in [1.29, 1.82) is 0 Å². The molecule has 6 aliphatic rings. The van der Waals surface area contributed by atoms with Crippen molar-refractivity contribution in [3.63, 3.8) is 0 Å². The van der Waals surface area contributed by atoms with Crippen LogP contribution in [0.25, 0.3) is 0 Å². The van der Waals surface area contributed by atoms with Crippen LogP contribution in [0.5, 0.6) is 0 Å². The van der Waals surface area contributed by atoms with Gasteiger partial charge in [-0.2, -0.15) is 0 Å². The van der Waals surface area contributed by atoms with Crippen molar-refractivity contribution < 1.29 is 39.1 Å². The first-order valence-electron chi connectivity index (χ1n) is 14.0. The van der Waals surface area contributed by atoms with Crippen molar-refractivity contribution in [2.75, 3.05) is 6.61 Å². The van der Waals surface area contributed by atoms with Crippen LogP contribution in [-0.4, -0.2) is 74.4 Å². The van der Waals surface area contributed by atoms with Crippen LogP contribution in [-0.2, 0) is 23.7 Å². The summed E-state index contributed by atoms with van der Waals surface area (Å²) < 4.78 is 26.3. The van der Waals surface area contributed by atoms with E-state index in [1.54, 1.807) is 19.1 Å². The van der Waals surface area contributed by atoms with Gasteiger partial charge in [-0.05, 0) is 50.2 Å². The van der Waals surface area contributed by atoms with Gasteiger partial charge in [0, 0.05) is 17.9 Å². The highest BCUT2D eigenvalue weighted by molar-refractivity contribution is 6.05. The quantitative estimate of drug-likeness (QED) is 0.191. The van der Waals surface area contributed by atoms with Crippen molar-refractivity contribution in [1.82, 2.24) is 0 Å². The number of fused-ring (bicyclic) bond motifs is 3. The van der Waals surface area contributed by atoms with Crippen LogP contribution in [0.1, 0.15) is 59.8 Å². The SMILES string of the molecule is C=C(C)[C@]12CC(C)C34OC(/C=C/C=C/CCCCC)(O[C@@H]1[C@@H]3[C@@H]1O[C@]1(CO)[C@@H](O)[C@]1(O)C(=O)C(C)=C[C@@H]41)O2. The monoisotopic (exact) mass is 528 g/mol. The van der Waals surface area contributed by atoms with E-state index in [2.05, 4.69) is 19.6 Å². The minimum Gasteiger partial charge on any atom is -0.393 e. The second-order valence-electron chi connectivity index (χ2n) is 12.3. The Labute approximate surface area is 224 Å². The second kappa shape index (κ2) is 8.43. The summed E-state index contributed by atoms with van der Waals surface area (Å²) in [7, 11) is 0. The number of ketones is 1. The molecule has 3 unspecified atom stereocenters. The summed E-state index contributed by atoms with van der Waals surface area (Å²) in [6.07, 6.45) is 11.4. The van der Waals surface area contributed by atoms with Crippen LogP contribution in [0.2, 0.25) is 0 Å². The van der Waals surface area contributed by atoms with E-state index >= 15 is 0 Å². The molecule has 3 aliphatic carbocycles. The molecule has 0 radical (unpaired) electrons. The number of carbonyl (C=O) groups excluding carboxylic acids is 1. The van der Waals surface area contributed by atoms with Crippen molar-refractivity contribution in [2.45, 2.75) is 106 Å². The number of epoxide rings is 1. The molecule has 3 bridgehead atoms. The van der Waals surface area contributed by atoms with Crippen molar-refractivity contribution in [3.05, 3.63) is 48.1 Å². The fourth-order valence-electron chi connectivity index (χ4n) is 8.28. The first-order valence-corrected chi connectivity index (χ1v) is 14.0. The van der Waals surface area contributed by atoms with Gasteiger partial charge in [0.2, 0.25) is 0 Å². The van der Waals surface area contributed by atoms with Gasteiger partial charge in [0.1, 0.15) is 29.5 Å². The highest BCUT2D eigenvalue weighted by Gasteiger charge is 2.88. The normalized spacial score (nSPS) is 52.2. The van der Waals surface area contributed by atoms with E-state index in [9.17, 15) is 20.1 Å². The van der Waals surface area contributed by atoms with Crippen molar-refractivity contribution in [3.8, 4) is 0 Å². The maximum absolute atomic E-state index is 13.5. The predicted molar refractivity (Wildman–Crippen MR) is 138 cm³/mol. The van der Waals surface area contributed by atoms with Gasteiger partial charge in [0.05, 0.1) is 12.2 Å². The maximum atomic E-state index is 13.5. The van der Waals surface area contributed by atoms with Crippen LogP contribution in [0.4, 0.5) is 0 Å². The standard InChI is InChI=1S/C30H40O8/c1-6-7-8-9-10-11-12-13-28-36-23-21-24-27(16-31,35-24)25(33)29(34)20(14-18(4)22(29)32)30(21,38-28)19(5)15-26(23,37-28)17(2)3/h10-14,19-21,23-25,31,33-34H,2,6-9,15-16H2,1,3-5H3/b11-10+,13-12+/t19?,20-,21-,23-,24+,25-,26-,27+,28?,29-,30?/m1/s1. The number of ether oxygens (including phenoxy) is 4. The van der Waals surface area contributed by atoms with Gasteiger partial charge in [-0.3, -0.25) is 4.79 Å². The Morgan fingerprint density at radius 2 is 1.97 bits per heavy atom. The average Bonchev–Trinajstić information content (AvgIpc) is 3.52. The number of hydrogen-bond acceptors (Lipinski definition) is 8. The second-order valence-corrected chi connectivity index (χ2v) is 12.3. The molecule has 2 saturated carbocycles. The Hall–Kier alpha value is -1.65. The van der Waals surface area contributed by atoms with Crippen LogP contribution < -0.4 is 0 Å². The smallest absolute Gasteiger partial charge is 0.306 e. The molecule has 8 nitrogen and oxygen atoms in total. The van der Waals surface area contributed by atoms with Crippen molar-refractivity contribution >= 4 is 5.78 Å². The summed E-state index contributed by atoms with van der Waals surface area (Å²) in [4.78, 5) is 13.5. The lowest BCUT2D eigenvalue weighted by molar-refractivity contribution is -0.406. The summed E-state index contributed by atoms with van der Waals surface area (Å²) in [5.74, 6) is -3.79. The van der Waals surface area contributed by atoms with Gasteiger partial charge in [-0.15, -0.1) is 0 Å². The number of allylic oxidation sites excluding steroid dienone is 3. The Balaban J connectivity index is 1.48.